The Hall–Kier alpha value is -0.540. The molecule has 1 aliphatic carbocycles. The lowest BCUT2D eigenvalue weighted by molar-refractivity contribution is 0.307. The van der Waals surface area contributed by atoms with Crippen LogP contribution in [0.3, 0.4) is 0 Å². The summed E-state index contributed by atoms with van der Waals surface area (Å²) in [7, 11) is 0. The molecular weight excluding hydrogens is 240 g/mol. The van der Waals surface area contributed by atoms with E-state index >= 15 is 0 Å². The van der Waals surface area contributed by atoms with Crippen molar-refractivity contribution in [2.24, 2.45) is 0 Å². The van der Waals surface area contributed by atoms with Crippen LogP contribution in [0.5, 0.6) is 0 Å². The van der Waals surface area contributed by atoms with Gasteiger partial charge in [0.15, 0.2) is 0 Å². The quantitative estimate of drug-likeness (QED) is 0.771. The number of hydrogen-bond acceptors (Lipinski definition) is 2. The number of halogens is 1. The van der Waals surface area contributed by atoms with Gasteiger partial charge in [-0.1, -0.05) is 22.0 Å². The third-order valence-corrected chi connectivity index (χ3v) is 3.11. The van der Waals surface area contributed by atoms with E-state index in [4.69, 9.17) is 0 Å². The summed E-state index contributed by atoms with van der Waals surface area (Å²) in [5.41, 5.74) is 1.33. The summed E-state index contributed by atoms with van der Waals surface area (Å²) in [5.74, 6) is 0. The Kier molecular flexibility index (Phi) is 3.43. The average molecular weight is 255 g/mol. The highest BCUT2D eigenvalue weighted by Gasteiger charge is 2.10. The largest absolute Gasteiger partial charge is 0.369 e. The van der Waals surface area contributed by atoms with Gasteiger partial charge in [-0.15, -0.1) is 0 Å². The Labute approximate surface area is 93.5 Å². The van der Waals surface area contributed by atoms with Gasteiger partial charge in [0, 0.05) is 31.9 Å². The molecule has 1 fully saturated rings. The molecule has 0 spiro atoms. The summed E-state index contributed by atoms with van der Waals surface area (Å²) in [5, 5.41) is 3.36. The zero-order chi connectivity index (χ0) is 9.80. The maximum atomic E-state index is 3.52. The standard InChI is InChI=1S/C11H15BrN2/c12-10-2-1-3-11(5-4-10)14-8-6-13-7-9-14/h1,3-5,13H,2,6-9H2. The van der Waals surface area contributed by atoms with E-state index in [1.54, 1.807) is 0 Å². The van der Waals surface area contributed by atoms with Crippen LogP contribution in [-0.4, -0.2) is 31.1 Å². The van der Waals surface area contributed by atoms with Crippen LogP contribution in [0.25, 0.3) is 0 Å². The smallest absolute Gasteiger partial charge is 0.0364 e. The number of hydrogen-bond donors (Lipinski definition) is 1. The Morgan fingerprint density at radius 2 is 2.00 bits per heavy atom. The minimum Gasteiger partial charge on any atom is -0.369 e. The highest BCUT2D eigenvalue weighted by atomic mass is 79.9. The Morgan fingerprint density at radius 3 is 2.79 bits per heavy atom. The van der Waals surface area contributed by atoms with Gasteiger partial charge in [-0.25, -0.2) is 0 Å². The molecule has 14 heavy (non-hydrogen) atoms. The minimum atomic E-state index is 1.01. The summed E-state index contributed by atoms with van der Waals surface area (Å²) >= 11 is 3.52. The van der Waals surface area contributed by atoms with Gasteiger partial charge in [0.05, 0.1) is 0 Å². The summed E-state index contributed by atoms with van der Waals surface area (Å²) in [6.07, 6.45) is 9.78. The van der Waals surface area contributed by atoms with Crippen LogP contribution < -0.4 is 5.32 Å². The van der Waals surface area contributed by atoms with Gasteiger partial charge in [0.1, 0.15) is 0 Å². The second kappa shape index (κ2) is 4.80. The van der Waals surface area contributed by atoms with Crippen molar-refractivity contribution < 1.29 is 0 Å². The lowest BCUT2D eigenvalue weighted by atomic mass is 10.2. The SMILES string of the molecule is BrC1=CC=C(N2CCNCC2)C=CC1. The third kappa shape index (κ3) is 2.49. The lowest BCUT2D eigenvalue weighted by Crippen LogP contribution is -2.42. The van der Waals surface area contributed by atoms with E-state index in [-0.39, 0.29) is 0 Å². The van der Waals surface area contributed by atoms with E-state index in [1.165, 1.54) is 10.2 Å². The first-order valence-electron chi connectivity index (χ1n) is 5.05. The van der Waals surface area contributed by atoms with Crippen molar-refractivity contribution in [2.75, 3.05) is 26.2 Å². The molecule has 0 saturated carbocycles. The van der Waals surface area contributed by atoms with Crippen molar-refractivity contribution in [3.8, 4) is 0 Å². The first-order valence-corrected chi connectivity index (χ1v) is 5.84. The monoisotopic (exact) mass is 254 g/mol. The van der Waals surface area contributed by atoms with Crippen LogP contribution >= 0.6 is 15.9 Å². The van der Waals surface area contributed by atoms with E-state index in [1.807, 2.05) is 0 Å². The average Bonchev–Trinajstić information content (AvgIpc) is 2.44. The molecule has 1 aliphatic heterocycles. The van der Waals surface area contributed by atoms with Gasteiger partial charge in [-0.3, -0.25) is 0 Å². The molecule has 2 rings (SSSR count). The van der Waals surface area contributed by atoms with Crippen molar-refractivity contribution in [3.63, 3.8) is 0 Å². The fraction of sp³-hybridized carbons (Fsp3) is 0.455. The summed E-state index contributed by atoms with van der Waals surface area (Å²) in [4.78, 5) is 2.43. The zero-order valence-corrected chi connectivity index (χ0v) is 9.76. The molecule has 0 amide bonds. The molecule has 1 N–H and O–H groups in total. The molecule has 0 atom stereocenters. The predicted octanol–water partition coefficient (Wildman–Crippen LogP) is 2.01. The maximum Gasteiger partial charge on any atom is 0.0364 e. The highest BCUT2D eigenvalue weighted by molar-refractivity contribution is 9.11. The van der Waals surface area contributed by atoms with Crippen LogP contribution in [-0.2, 0) is 0 Å². The molecule has 1 saturated heterocycles. The van der Waals surface area contributed by atoms with Crippen molar-refractivity contribution in [1.29, 1.82) is 0 Å². The van der Waals surface area contributed by atoms with Gasteiger partial charge in [0.25, 0.3) is 0 Å². The molecule has 2 aliphatic rings. The van der Waals surface area contributed by atoms with Crippen molar-refractivity contribution >= 4 is 15.9 Å². The Bertz CT molecular complexity index is 286. The summed E-state index contributed by atoms with van der Waals surface area (Å²) < 4.78 is 1.25. The van der Waals surface area contributed by atoms with E-state index in [0.717, 1.165) is 32.6 Å². The molecule has 1 heterocycles. The molecule has 0 bridgehead atoms. The van der Waals surface area contributed by atoms with Gasteiger partial charge >= 0.3 is 0 Å². The molecule has 2 nitrogen and oxygen atoms in total. The van der Waals surface area contributed by atoms with E-state index in [2.05, 4.69) is 50.5 Å². The molecule has 0 unspecified atom stereocenters. The van der Waals surface area contributed by atoms with Gasteiger partial charge in [-0.05, 0) is 29.1 Å². The van der Waals surface area contributed by atoms with Crippen LogP contribution in [0.4, 0.5) is 0 Å². The fourth-order valence-corrected chi connectivity index (χ4v) is 2.04. The van der Waals surface area contributed by atoms with Crippen LogP contribution in [0.15, 0.2) is 34.5 Å². The zero-order valence-electron chi connectivity index (χ0n) is 8.17. The van der Waals surface area contributed by atoms with Crippen molar-refractivity contribution in [1.82, 2.24) is 10.2 Å². The first kappa shape index (κ1) is 9.99. The summed E-state index contributed by atoms with van der Waals surface area (Å²) in [6, 6.07) is 0. The number of nitrogens with one attached hydrogen (secondary N) is 1. The van der Waals surface area contributed by atoms with Crippen molar-refractivity contribution in [2.45, 2.75) is 6.42 Å². The minimum absolute atomic E-state index is 1.01. The first-order chi connectivity index (χ1) is 6.86. The number of piperazine rings is 1. The maximum absolute atomic E-state index is 3.52. The van der Waals surface area contributed by atoms with Crippen LogP contribution in [0, 0.1) is 0 Å². The number of nitrogens with zero attached hydrogens (tertiary/aromatic N) is 1. The summed E-state index contributed by atoms with van der Waals surface area (Å²) in [6.45, 7) is 4.41. The molecule has 76 valence electrons. The van der Waals surface area contributed by atoms with Crippen molar-refractivity contribution in [3.05, 3.63) is 34.5 Å². The highest BCUT2D eigenvalue weighted by Crippen LogP contribution is 2.18. The molecular formula is C11H15BrN2. The topological polar surface area (TPSA) is 15.3 Å². The Morgan fingerprint density at radius 1 is 1.21 bits per heavy atom. The molecule has 0 aromatic rings. The lowest BCUT2D eigenvalue weighted by Gasteiger charge is -2.30. The normalized spacial score (nSPS) is 22.8. The Balaban J connectivity index is 2.08. The van der Waals surface area contributed by atoms with Gasteiger partial charge < -0.3 is 10.2 Å². The van der Waals surface area contributed by atoms with E-state index in [0.29, 0.717) is 0 Å². The molecule has 3 heteroatoms. The van der Waals surface area contributed by atoms with Crippen LogP contribution in [0.2, 0.25) is 0 Å². The van der Waals surface area contributed by atoms with Gasteiger partial charge in [-0.2, -0.15) is 0 Å². The number of rotatable bonds is 1. The van der Waals surface area contributed by atoms with Gasteiger partial charge in [0.2, 0.25) is 0 Å². The second-order valence-corrected chi connectivity index (χ2v) is 4.57. The third-order valence-electron chi connectivity index (χ3n) is 2.52. The molecule has 0 radical (unpaired) electrons. The van der Waals surface area contributed by atoms with E-state index < -0.39 is 0 Å². The predicted molar refractivity (Wildman–Crippen MR) is 63.3 cm³/mol. The number of allylic oxidation sites excluding steroid dienone is 5. The van der Waals surface area contributed by atoms with E-state index in [9.17, 15) is 0 Å². The van der Waals surface area contributed by atoms with Crippen LogP contribution in [0.1, 0.15) is 6.42 Å². The second-order valence-electron chi connectivity index (χ2n) is 3.55. The molecule has 0 aromatic carbocycles. The fourth-order valence-electron chi connectivity index (χ4n) is 1.73. The molecule has 0 aromatic heterocycles.